The maximum atomic E-state index is 11.9. The molecule has 0 spiro atoms. The highest BCUT2D eigenvalue weighted by molar-refractivity contribution is 6.33. The highest BCUT2D eigenvalue weighted by Gasteiger charge is 2.17. The van der Waals surface area contributed by atoms with Crippen LogP contribution in [0, 0.1) is 10.1 Å². The lowest BCUT2D eigenvalue weighted by Gasteiger charge is -2.08. The van der Waals surface area contributed by atoms with Crippen LogP contribution < -0.4 is 10.9 Å². The van der Waals surface area contributed by atoms with Crippen molar-refractivity contribution >= 4 is 35.1 Å². The van der Waals surface area contributed by atoms with Gasteiger partial charge in [0.15, 0.2) is 6.61 Å². The number of ether oxygens (including phenoxy) is 1. The standard InChI is InChI=1S/C16H12ClN3O6/c17-13-8-11(20(24)25)6-7-12(13)16(23)26-9-14(21)18-19-15(22)10-4-2-1-3-5-10/h1-8H,9H2,(H,18,21)(H,19,22). The van der Waals surface area contributed by atoms with Crippen LogP contribution in [0.15, 0.2) is 48.5 Å². The Morgan fingerprint density at radius 1 is 1.08 bits per heavy atom. The average molecular weight is 378 g/mol. The molecule has 0 saturated carbocycles. The van der Waals surface area contributed by atoms with Gasteiger partial charge in [0.1, 0.15) is 0 Å². The van der Waals surface area contributed by atoms with Crippen LogP contribution in [0.3, 0.4) is 0 Å². The number of halogens is 1. The summed E-state index contributed by atoms with van der Waals surface area (Å²) in [5.41, 5.74) is 4.18. The predicted octanol–water partition coefficient (Wildman–Crippen LogP) is 1.87. The molecule has 0 aromatic heterocycles. The molecule has 2 aromatic rings. The SMILES string of the molecule is O=C(COC(=O)c1ccc([N+](=O)[O-])cc1Cl)NNC(=O)c1ccccc1. The number of nitro groups is 1. The van der Waals surface area contributed by atoms with Gasteiger partial charge >= 0.3 is 5.97 Å². The highest BCUT2D eigenvalue weighted by atomic mass is 35.5. The minimum absolute atomic E-state index is 0.126. The van der Waals surface area contributed by atoms with Crippen LogP contribution in [0.5, 0.6) is 0 Å². The van der Waals surface area contributed by atoms with Gasteiger partial charge in [-0.2, -0.15) is 0 Å². The van der Waals surface area contributed by atoms with E-state index >= 15 is 0 Å². The van der Waals surface area contributed by atoms with Gasteiger partial charge in [-0.1, -0.05) is 29.8 Å². The molecule has 2 N–H and O–H groups in total. The van der Waals surface area contributed by atoms with E-state index in [-0.39, 0.29) is 16.3 Å². The van der Waals surface area contributed by atoms with E-state index in [0.29, 0.717) is 5.56 Å². The number of hydrazine groups is 1. The number of carbonyl (C=O) groups excluding carboxylic acids is 3. The third-order valence-electron chi connectivity index (χ3n) is 3.07. The van der Waals surface area contributed by atoms with Gasteiger partial charge in [0.2, 0.25) is 0 Å². The zero-order valence-electron chi connectivity index (χ0n) is 13.1. The smallest absolute Gasteiger partial charge is 0.340 e. The van der Waals surface area contributed by atoms with Crippen LogP contribution in [0.4, 0.5) is 5.69 Å². The quantitative estimate of drug-likeness (QED) is 0.465. The van der Waals surface area contributed by atoms with Gasteiger partial charge in [0.25, 0.3) is 17.5 Å². The molecule has 0 saturated heterocycles. The van der Waals surface area contributed by atoms with Crippen molar-refractivity contribution in [3.8, 4) is 0 Å². The van der Waals surface area contributed by atoms with E-state index in [2.05, 4.69) is 10.9 Å². The van der Waals surface area contributed by atoms with Gasteiger partial charge in [-0.3, -0.25) is 30.6 Å². The maximum Gasteiger partial charge on any atom is 0.340 e. The van der Waals surface area contributed by atoms with Gasteiger partial charge in [0.05, 0.1) is 15.5 Å². The van der Waals surface area contributed by atoms with Gasteiger partial charge in [-0.05, 0) is 18.2 Å². The van der Waals surface area contributed by atoms with E-state index < -0.39 is 29.3 Å². The topological polar surface area (TPSA) is 128 Å². The second-order valence-electron chi connectivity index (χ2n) is 4.87. The minimum Gasteiger partial charge on any atom is -0.452 e. The van der Waals surface area contributed by atoms with Crippen LogP contribution in [0.2, 0.25) is 5.02 Å². The van der Waals surface area contributed by atoms with Crippen molar-refractivity contribution in [2.24, 2.45) is 0 Å². The lowest BCUT2D eigenvalue weighted by atomic mass is 10.2. The Kier molecular flexibility index (Phi) is 6.23. The molecule has 0 bridgehead atoms. The molecule has 0 fully saturated rings. The summed E-state index contributed by atoms with van der Waals surface area (Å²) in [7, 11) is 0. The maximum absolute atomic E-state index is 11.9. The fourth-order valence-electron chi connectivity index (χ4n) is 1.82. The van der Waals surface area contributed by atoms with E-state index in [1.807, 2.05) is 0 Å². The van der Waals surface area contributed by atoms with Crippen LogP contribution in [-0.4, -0.2) is 29.3 Å². The number of non-ortho nitro benzene ring substituents is 1. The first-order chi connectivity index (χ1) is 12.4. The third-order valence-corrected chi connectivity index (χ3v) is 3.38. The molecule has 26 heavy (non-hydrogen) atoms. The molecular weight excluding hydrogens is 366 g/mol. The molecule has 0 aliphatic heterocycles. The molecule has 0 radical (unpaired) electrons. The van der Waals surface area contributed by atoms with Gasteiger partial charge in [-0.15, -0.1) is 0 Å². The molecule has 0 aliphatic rings. The Bertz CT molecular complexity index is 856. The summed E-state index contributed by atoms with van der Waals surface area (Å²) in [5, 5.41) is 10.4. The molecular formula is C16H12ClN3O6. The van der Waals surface area contributed by atoms with Crippen molar-refractivity contribution in [1.82, 2.24) is 10.9 Å². The second kappa shape index (κ2) is 8.58. The summed E-state index contributed by atoms with van der Waals surface area (Å²) in [6.45, 7) is -0.679. The first kappa shape index (κ1) is 18.9. The molecule has 2 rings (SSSR count). The number of amides is 2. The van der Waals surface area contributed by atoms with Crippen molar-refractivity contribution in [2.45, 2.75) is 0 Å². The molecule has 10 heteroatoms. The average Bonchev–Trinajstić information content (AvgIpc) is 2.64. The first-order valence-corrected chi connectivity index (χ1v) is 7.51. The molecule has 0 heterocycles. The number of hydrogen-bond acceptors (Lipinski definition) is 6. The van der Waals surface area contributed by atoms with Crippen LogP contribution in [0.25, 0.3) is 0 Å². The molecule has 0 aliphatic carbocycles. The summed E-state index contributed by atoms with van der Waals surface area (Å²) in [4.78, 5) is 45.2. The number of hydrogen-bond donors (Lipinski definition) is 2. The Morgan fingerprint density at radius 3 is 2.38 bits per heavy atom. The van der Waals surface area contributed by atoms with E-state index in [0.717, 1.165) is 18.2 Å². The van der Waals surface area contributed by atoms with Crippen molar-refractivity contribution in [2.75, 3.05) is 6.61 Å². The Hall–Kier alpha value is -3.46. The van der Waals surface area contributed by atoms with E-state index in [4.69, 9.17) is 16.3 Å². The fraction of sp³-hybridized carbons (Fsp3) is 0.0625. The normalized spacial score (nSPS) is 9.88. The summed E-state index contributed by atoms with van der Waals surface area (Å²) in [6, 6.07) is 11.4. The van der Waals surface area contributed by atoms with Crippen molar-refractivity contribution in [3.63, 3.8) is 0 Å². The van der Waals surface area contributed by atoms with Crippen LogP contribution in [0.1, 0.15) is 20.7 Å². The van der Waals surface area contributed by atoms with Gasteiger partial charge in [-0.25, -0.2) is 4.79 Å². The highest BCUT2D eigenvalue weighted by Crippen LogP contribution is 2.23. The summed E-state index contributed by atoms with van der Waals surface area (Å²) in [6.07, 6.45) is 0. The molecule has 9 nitrogen and oxygen atoms in total. The Morgan fingerprint density at radius 2 is 1.77 bits per heavy atom. The third kappa shape index (κ3) is 5.02. The van der Waals surface area contributed by atoms with Crippen molar-refractivity contribution in [1.29, 1.82) is 0 Å². The summed E-state index contributed by atoms with van der Waals surface area (Å²) in [5.74, 6) is -2.25. The molecule has 0 atom stereocenters. The van der Waals surface area contributed by atoms with E-state index in [1.54, 1.807) is 30.3 Å². The Labute approximate surface area is 152 Å². The largest absolute Gasteiger partial charge is 0.452 e. The minimum atomic E-state index is -0.936. The fourth-order valence-corrected chi connectivity index (χ4v) is 2.07. The Balaban J connectivity index is 1.84. The second-order valence-corrected chi connectivity index (χ2v) is 5.27. The van der Waals surface area contributed by atoms with Gasteiger partial charge in [0, 0.05) is 17.7 Å². The number of rotatable bonds is 5. The summed E-state index contributed by atoms with van der Waals surface area (Å²) >= 11 is 5.79. The number of carbonyl (C=O) groups is 3. The van der Waals surface area contributed by atoms with Crippen LogP contribution in [-0.2, 0) is 9.53 Å². The number of nitrogens with one attached hydrogen (secondary N) is 2. The lowest BCUT2D eigenvalue weighted by molar-refractivity contribution is -0.384. The monoisotopic (exact) mass is 377 g/mol. The van der Waals surface area contributed by atoms with E-state index in [1.165, 1.54) is 0 Å². The first-order valence-electron chi connectivity index (χ1n) is 7.14. The predicted molar refractivity (Wildman–Crippen MR) is 90.4 cm³/mol. The van der Waals surface area contributed by atoms with Gasteiger partial charge < -0.3 is 4.74 Å². The number of nitrogens with zero attached hydrogens (tertiary/aromatic N) is 1. The molecule has 134 valence electrons. The molecule has 2 aromatic carbocycles. The lowest BCUT2D eigenvalue weighted by Crippen LogP contribution is -2.43. The van der Waals surface area contributed by atoms with E-state index in [9.17, 15) is 24.5 Å². The zero-order valence-corrected chi connectivity index (χ0v) is 13.9. The number of benzene rings is 2. The zero-order chi connectivity index (χ0) is 19.1. The summed E-state index contributed by atoms with van der Waals surface area (Å²) < 4.78 is 4.75. The molecule has 0 unspecified atom stereocenters. The number of esters is 1. The van der Waals surface area contributed by atoms with Crippen LogP contribution >= 0.6 is 11.6 Å². The molecule has 2 amide bonds. The van der Waals surface area contributed by atoms with Crippen molar-refractivity contribution in [3.05, 3.63) is 74.8 Å². The number of nitro benzene ring substituents is 1. The van der Waals surface area contributed by atoms with Crippen molar-refractivity contribution < 1.29 is 24.0 Å².